The second kappa shape index (κ2) is 21.7. The number of ether oxygens (including phenoxy) is 1. The van der Waals surface area contributed by atoms with Crippen LogP contribution in [-0.4, -0.2) is 17.7 Å². The van der Waals surface area contributed by atoms with E-state index in [1.165, 1.54) is 102 Å². The van der Waals surface area contributed by atoms with Crippen LogP contribution in [0.5, 0.6) is 5.75 Å². The molecule has 3 heteroatoms. The van der Waals surface area contributed by atoms with Crippen molar-refractivity contribution in [3.05, 3.63) is 29.8 Å². The maximum atomic E-state index is 12.0. The van der Waals surface area contributed by atoms with Crippen molar-refractivity contribution in [2.45, 2.75) is 149 Å². The van der Waals surface area contributed by atoms with Gasteiger partial charge in [0.2, 0.25) is 0 Å². The van der Waals surface area contributed by atoms with Gasteiger partial charge in [-0.25, -0.2) is 0 Å². The van der Waals surface area contributed by atoms with Gasteiger partial charge in [0, 0.05) is 6.42 Å². The topological polar surface area (TPSA) is 46.5 Å². The van der Waals surface area contributed by atoms with Crippen LogP contribution in [0, 0.1) is 5.92 Å². The number of hydrogen-bond donors (Lipinski definition) is 1. The molecule has 0 saturated carbocycles. The van der Waals surface area contributed by atoms with Crippen LogP contribution in [0.1, 0.15) is 154 Å². The Morgan fingerprint density at radius 3 is 1.97 bits per heavy atom. The molecule has 3 nitrogen and oxygen atoms in total. The van der Waals surface area contributed by atoms with E-state index in [1.807, 2.05) is 12.1 Å². The van der Waals surface area contributed by atoms with Gasteiger partial charge in [-0.05, 0) is 55.2 Å². The van der Waals surface area contributed by atoms with Crippen LogP contribution in [0.3, 0.4) is 0 Å². The Hall–Kier alpha value is -1.51. The van der Waals surface area contributed by atoms with E-state index in [2.05, 4.69) is 26.8 Å². The minimum atomic E-state index is -0.0106. The van der Waals surface area contributed by atoms with E-state index in [4.69, 9.17) is 4.74 Å². The molecule has 1 aromatic rings. The number of phenolic OH excluding ortho intramolecular Hbond substituents is 1. The molecule has 0 bridgehead atoms. The first-order chi connectivity index (χ1) is 17.1. The van der Waals surface area contributed by atoms with Gasteiger partial charge >= 0.3 is 5.97 Å². The fourth-order valence-corrected chi connectivity index (χ4v) is 4.98. The molecule has 1 N–H and O–H groups in total. The summed E-state index contributed by atoms with van der Waals surface area (Å²) in [5.41, 5.74) is 1.30. The highest BCUT2D eigenvalue weighted by molar-refractivity contribution is 5.69. The molecule has 0 aliphatic rings. The van der Waals surface area contributed by atoms with Crippen molar-refractivity contribution < 1.29 is 14.6 Å². The summed E-state index contributed by atoms with van der Waals surface area (Å²) in [4.78, 5) is 12.0. The molecule has 0 spiro atoms. The van der Waals surface area contributed by atoms with Gasteiger partial charge in [0.1, 0.15) is 5.75 Å². The number of phenols is 1. The van der Waals surface area contributed by atoms with E-state index in [9.17, 15) is 9.90 Å². The SMILES string of the molecule is CCCCCCCCC(CCCCCCCCC(=O)OCC(CC)CCCC)c1cccc(O)c1. The predicted octanol–water partition coefficient (Wildman–Crippen LogP) is 10.1. The van der Waals surface area contributed by atoms with E-state index < -0.39 is 0 Å². The minimum absolute atomic E-state index is 0.0106. The summed E-state index contributed by atoms with van der Waals surface area (Å²) in [6.45, 7) is 7.27. The largest absolute Gasteiger partial charge is 0.508 e. The van der Waals surface area contributed by atoms with Gasteiger partial charge < -0.3 is 9.84 Å². The first-order valence-corrected chi connectivity index (χ1v) is 15.0. The van der Waals surface area contributed by atoms with Gasteiger partial charge in [-0.1, -0.05) is 123 Å². The zero-order valence-corrected chi connectivity index (χ0v) is 23.4. The van der Waals surface area contributed by atoms with Crippen molar-refractivity contribution >= 4 is 5.97 Å². The van der Waals surface area contributed by atoms with Gasteiger partial charge in [0.25, 0.3) is 0 Å². The van der Waals surface area contributed by atoms with Crippen molar-refractivity contribution in [3.63, 3.8) is 0 Å². The molecular weight excluding hydrogens is 432 g/mol. The highest BCUT2D eigenvalue weighted by Gasteiger charge is 2.12. The molecule has 0 fully saturated rings. The summed E-state index contributed by atoms with van der Waals surface area (Å²) < 4.78 is 5.52. The number of benzene rings is 1. The van der Waals surface area contributed by atoms with Gasteiger partial charge in [-0.3, -0.25) is 4.79 Å². The molecule has 0 saturated heterocycles. The summed E-state index contributed by atoms with van der Waals surface area (Å²) in [7, 11) is 0. The minimum Gasteiger partial charge on any atom is -0.508 e. The number of carbonyl (C=O) groups is 1. The molecule has 0 heterocycles. The molecule has 0 aliphatic carbocycles. The quantitative estimate of drug-likeness (QED) is 0.123. The first-order valence-electron chi connectivity index (χ1n) is 15.0. The lowest BCUT2D eigenvalue weighted by atomic mass is 9.88. The third kappa shape index (κ3) is 16.7. The number of carbonyl (C=O) groups excluding carboxylic acids is 1. The summed E-state index contributed by atoms with van der Waals surface area (Å²) >= 11 is 0. The normalized spacial score (nSPS) is 13.0. The van der Waals surface area contributed by atoms with Crippen LogP contribution in [0.15, 0.2) is 24.3 Å². The maximum absolute atomic E-state index is 12.0. The van der Waals surface area contributed by atoms with Crippen LogP contribution in [0.2, 0.25) is 0 Å². The van der Waals surface area contributed by atoms with Gasteiger partial charge in [-0.15, -0.1) is 0 Å². The third-order valence-electron chi connectivity index (χ3n) is 7.45. The summed E-state index contributed by atoms with van der Waals surface area (Å²) in [5, 5.41) is 9.94. The van der Waals surface area contributed by atoms with Gasteiger partial charge in [-0.2, -0.15) is 0 Å². The van der Waals surface area contributed by atoms with Crippen molar-refractivity contribution in [2.75, 3.05) is 6.61 Å². The van der Waals surface area contributed by atoms with Crippen molar-refractivity contribution in [1.82, 2.24) is 0 Å². The van der Waals surface area contributed by atoms with Crippen LogP contribution in [-0.2, 0) is 9.53 Å². The summed E-state index contributed by atoms with van der Waals surface area (Å²) in [6, 6.07) is 7.91. The van der Waals surface area contributed by atoms with Crippen LogP contribution in [0.25, 0.3) is 0 Å². The molecular formula is C32H56O3. The van der Waals surface area contributed by atoms with E-state index in [-0.39, 0.29) is 5.97 Å². The molecule has 0 amide bonds. The average molecular weight is 489 g/mol. The van der Waals surface area contributed by atoms with Gasteiger partial charge in [0.05, 0.1) is 6.61 Å². The van der Waals surface area contributed by atoms with E-state index in [0.717, 1.165) is 19.3 Å². The van der Waals surface area contributed by atoms with Crippen molar-refractivity contribution in [3.8, 4) is 5.75 Å². The lowest BCUT2D eigenvalue weighted by molar-refractivity contribution is -0.145. The second-order valence-corrected chi connectivity index (χ2v) is 10.6. The molecule has 2 unspecified atom stereocenters. The molecule has 35 heavy (non-hydrogen) atoms. The summed E-state index contributed by atoms with van der Waals surface area (Å²) in [6.07, 6.45) is 22.7. The number of aromatic hydroxyl groups is 1. The lowest BCUT2D eigenvalue weighted by Gasteiger charge is -2.18. The number of rotatable bonds is 23. The highest BCUT2D eigenvalue weighted by Crippen LogP contribution is 2.30. The smallest absolute Gasteiger partial charge is 0.305 e. The fraction of sp³-hybridized carbons (Fsp3) is 0.781. The van der Waals surface area contributed by atoms with Crippen molar-refractivity contribution in [1.29, 1.82) is 0 Å². The monoisotopic (exact) mass is 488 g/mol. The number of hydrogen-bond acceptors (Lipinski definition) is 3. The molecule has 0 aromatic heterocycles. The zero-order valence-electron chi connectivity index (χ0n) is 23.4. The van der Waals surface area contributed by atoms with E-state index in [1.54, 1.807) is 6.07 Å². The Morgan fingerprint density at radius 2 is 1.37 bits per heavy atom. The average Bonchev–Trinajstić information content (AvgIpc) is 2.86. The highest BCUT2D eigenvalue weighted by atomic mass is 16.5. The maximum Gasteiger partial charge on any atom is 0.305 e. The van der Waals surface area contributed by atoms with Crippen LogP contribution < -0.4 is 0 Å². The Bertz CT molecular complexity index is 627. The number of esters is 1. The number of unbranched alkanes of at least 4 members (excludes halogenated alkanes) is 11. The fourth-order valence-electron chi connectivity index (χ4n) is 4.98. The molecule has 0 aliphatic heterocycles. The van der Waals surface area contributed by atoms with E-state index >= 15 is 0 Å². The lowest BCUT2D eigenvalue weighted by Crippen LogP contribution is -2.13. The van der Waals surface area contributed by atoms with Crippen LogP contribution in [0.4, 0.5) is 0 Å². The molecule has 202 valence electrons. The third-order valence-corrected chi connectivity index (χ3v) is 7.45. The Balaban J connectivity index is 2.18. The first kappa shape index (κ1) is 31.5. The summed E-state index contributed by atoms with van der Waals surface area (Å²) in [5.74, 6) is 1.47. The molecule has 0 radical (unpaired) electrons. The predicted molar refractivity (Wildman–Crippen MR) is 150 cm³/mol. The zero-order chi connectivity index (χ0) is 25.6. The Labute approximate surface area is 217 Å². The molecule has 1 rings (SSSR count). The van der Waals surface area contributed by atoms with Gasteiger partial charge in [0.15, 0.2) is 0 Å². The molecule has 2 atom stereocenters. The Kier molecular flexibility index (Phi) is 19.6. The van der Waals surface area contributed by atoms with Crippen molar-refractivity contribution in [2.24, 2.45) is 5.92 Å². The second-order valence-electron chi connectivity index (χ2n) is 10.6. The van der Waals surface area contributed by atoms with Crippen LogP contribution >= 0.6 is 0 Å². The van der Waals surface area contributed by atoms with E-state index in [0.29, 0.717) is 30.6 Å². The Morgan fingerprint density at radius 1 is 0.771 bits per heavy atom. The molecule has 1 aromatic carbocycles. The standard InChI is InChI=1S/C32H56O3/c1-4-7-9-10-13-16-21-29(30-23-19-24-31(33)26-30)22-17-14-11-12-15-18-25-32(34)35-27-28(6-3)20-8-5-2/h19,23-24,26,28-29,33H,4-18,20-22,25,27H2,1-3H3.